The van der Waals surface area contributed by atoms with E-state index >= 15 is 0 Å². The van der Waals surface area contributed by atoms with E-state index in [1.54, 1.807) is 0 Å². The molecule has 0 amide bonds. The summed E-state index contributed by atoms with van der Waals surface area (Å²) in [5.41, 5.74) is 7.67. The van der Waals surface area contributed by atoms with E-state index in [9.17, 15) is 0 Å². The van der Waals surface area contributed by atoms with Gasteiger partial charge in [0.2, 0.25) is 0 Å². The van der Waals surface area contributed by atoms with Gasteiger partial charge in [0.05, 0.1) is 17.8 Å². The highest BCUT2D eigenvalue weighted by Gasteiger charge is 2.30. The van der Waals surface area contributed by atoms with Crippen molar-refractivity contribution in [3.63, 3.8) is 0 Å². The molecule has 1 saturated heterocycles. The maximum atomic E-state index is 5.14. The van der Waals surface area contributed by atoms with Gasteiger partial charge in [0.25, 0.3) is 0 Å². The minimum absolute atomic E-state index is 0.288. The molecule has 3 aromatic carbocycles. The Morgan fingerprint density at radius 3 is 1.89 bits per heavy atom. The molecule has 1 aliphatic heterocycles. The summed E-state index contributed by atoms with van der Waals surface area (Å²) >= 11 is 0. The number of aryl methyl sites for hydroxylation is 2. The van der Waals surface area contributed by atoms with Gasteiger partial charge in [-0.15, -0.1) is 0 Å². The van der Waals surface area contributed by atoms with Crippen molar-refractivity contribution in [1.82, 2.24) is 19.8 Å². The molecule has 0 bridgehead atoms. The van der Waals surface area contributed by atoms with E-state index in [4.69, 9.17) is 4.98 Å². The molecular formula is C32H38N4. The molecule has 1 aliphatic rings. The highest BCUT2D eigenvalue weighted by Crippen LogP contribution is 2.32. The van der Waals surface area contributed by atoms with Crippen LogP contribution in [0.4, 0.5) is 0 Å². The van der Waals surface area contributed by atoms with Crippen LogP contribution < -0.4 is 0 Å². The topological polar surface area (TPSA) is 35.2 Å². The van der Waals surface area contributed by atoms with E-state index < -0.39 is 0 Å². The first-order valence-corrected chi connectivity index (χ1v) is 13.4. The van der Waals surface area contributed by atoms with Crippen molar-refractivity contribution in [2.45, 2.75) is 45.7 Å². The van der Waals surface area contributed by atoms with Gasteiger partial charge >= 0.3 is 0 Å². The smallest absolute Gasteiger partial charge is 0.137 e. The Bertz CT molecular complexity index is 1180. The number of H-pyrrole nitrogens is 1. The van der Waals surface area contributed by atoms with Crippen molar-refractivity contribution >= 4 is 0 Å². The summed E-state index contributed by atoms with van der Waals surface area (Å²) in [6, 6.07) is 31.1. The Hall–Kier alpha value is -3.21. The molecule has 1 unspecified atom stereocenters. The van der Waals surface area contributed by atoms with Gasteiger partial charge in [-0.1, -0.05) is 104 Å². The lowest BCUT2D eigenvalue weighted by Crippen LogP contribution is -2.48. The SMILES string of the molecule is CCCc1[nH]c(-c2ccc(C)cc2)nc1C(C)N1CCN(C(c2ccccc2)c2ccccc2)CC1. The molecule has 4 nitrogen and oxygen atoms in total. The molecule has 186 valence electrons. The number of aromatic nitrogens is 2. The third kappa shape index (κ3) is 5.30. The number of hydrogen-bond donors (Lipinski definition) is 1. The average molecular weight is 479 g/mol. The molecule has 5 rings (SSSR count). The molecule has 0 spiro atoms. The molecule has 4 heteroatoms. The summed E-state index contributed by atoms with van der Waals surface area (Å²) in [7, 11) is 0. The third-order valence-corrected chi connectivity index (χ3v) is 7.52. The Balaban J connectivity index is 1.34. The molecule has 4 aromatic rings. The molecule has 1 aromatic heterocycles. The molecule has 0 aliphatic carbocycles. The number of aromatic amines is 1. The second-order valence-corrected chi connectivity index (χ2v) is 10.0. The Morgan fingerprint density at radius 2 is 1.33 bits per heavy atom. The van der Waals surface area contributed by atoms with Crippen molar-refractivity contribution in [1.29, 1.82) is 0 Å². The van der Waals surface area contributed by atoms with E-state index in [1.807, 2.05) is 0 Å². The van der Waals surface area contributed by atoms with Gasteiger partial charge in [0, 0.05) is 37.4 Å². The van der Waals surface area contributed by atoms with Gasteiger partial charge in [-0.3, -0.25) is 9.80 Å². The molecule has 1 atom stereocenters. The highest BCUT2D eigenvalue weighted by molar-refractivity contribution is 5.56. The second kappa shape index (κ2) is 11.2. The number of rotatable bonds is 8. The minimum atomic E-state index is 0.288. The van der Waals surface area contributed by atoms with Crippen LogP contribution in [0.15, 0.2) is 84.9 Å². The fourth-order valence-corrected chi connectivity index (χ4v) is 5.50. The normalized spacial score (nSPS) is 15.9. The number of hydrogen-bond acceptors (Lipinski definition) is 3. The van der Waals surface area contributed by atoms with Crippen molar-refractivity contribution < 1.29 is 0 Å². The third-order valence-electron chi connectivity index (χ3n) is 7.52. The van der Waals surface area contributed by atoms with Crippen molar-refractivity contribution in [2.75, 3.05) is 26.2 Å². The molecule has 0 radical (unpaired) electrons. The zero-order valence-electron chi connectivity index (χ0n) is 21.8. The van der Waals surface area contributed by atoms with E-state index in [0.29, 0.717) is 6.04 Å². The molecule has 1 fully saturated rings. The lowest BCUT2D eigenvalue weighted by molar-refractivity contribution is 0.0825. The quantitative estimate of drug-likeness (QED) is 0.302. The lowest BCUT2D eigenvalue weighted by atomic mass is 9.96. The zero-order valence-corrected chi connectivity index (χ0v) is 21.8. The predicted octanol–water partition coefficient (Wildman–Crippen LogP) is 6.81. The predicted molar refractivity (Wildman–Crippen MR) is 149 cm³/mol. The fraction of sp³-hybridized carbons (Fsp3) is 0.344. The van der Waals surface area contributed by atoms with Gasteiger partial charge in [-0.2, -0.15) is 0 Å². The summed E-state index contributed by atoms with van der Waals surface area (Å²) in [5.74, 6) is 0.993. The minimum Gasteiger partial charge on any atom is -0.342 e. The Kier molecular flexibility index (Phi) is 7.64. The zero-order chi connectivity index (χ0) is 24.9. The van der Waals surface area contributed by atoms with Crippen LogP contribution in [0, 0.1) is 6.92 Å². The summed E-state index contributed by atoms with van der Waals surface area (Å²) < 4.78 is 0. The number of nitrogens with one attached hydrogen (secondary N) is 1. The van der Waals surface area contributed by atoms with E-state index in [-0.39, 0.29) is 6.04 Å². The Labute approximate surface area is 216 Å². The van der Waals surface area contributed by atoms with Crippen molar-refractivity contribution in [3.05, 3.63) is 113 Å². The van der Waals surface area contributed by atoms with E-state index in [2.05, 4.69) is 120 Å². The monoisotopic (exact) mass is 478 g/mol. The molecule has 36 heavy (non-hydrogen) atoms. The van der Waals surface area contributed by atoms with Crippen LogP contribution in [0.3, 0.4) is 0 Å². The maximum Gasteiger partial charge on any atom is 0.137 e. The van der Waals surface area contributed by atoms with Crippen molar-refractivity contribution in [2.24, 2.45) is 0 Å². The largest absolute Gasteiger partial charge is 0.342 e. The van der Waals surface area contributed by atoms with Crippen LogP contribution >= 0.6 is 0 Å². The first-order chi connectivity index (χ1) is 17.6. The summed E-state index contributed by atoms with van der Waals surface area (Å²) in [6.07, 6.45) is 2.14. The van der Waals surface area contributed by atoms with Crippen LogP contribution in [0.2, 0.25) is 0 Å². The van der Waals surface area contributed by atoms with Crippen LogP contribution in [0.5, 0.6) is 0 Å². The van der Waals surface area contributed by atoms with Crippen LogP contribution in [0.25, 0.3) is 11.4 Å². The summed E-state index contributed by atoms with van der Waals surface area (Å²) in [5, 5.41) is 0. The van der Waals surface area contributed by atoms with Gasteiger partial charge < -0.3 is 4.98 Å². The number of benzene rings is 3. The maximum absolute atomic E-state index is 5.14. The standard InChI is InChI=1S/C32H38N4/c1-4-11-29-30(34-32(33-29)28-18-16-24(2)17-19-28)25(3)35-20-22-36(23-21-35)31(26-12-7-5-8-13-26)27-14-9-6-10-15-27/h5-10,12-19,25,31H,4,11,20-23H2,1-3H3,(H,33,34). The van der Waals surface area contributed by atoms with Crippen LogP contribution in [0.1, 0.15) is 60.4 Å². The first kappa shape index (κ1) is 24.5. The number of piperazine rings is 1. The number of imidazole rings is 1. The van der Waals surface area contributed by atoms with Gasteiger partial charge in [0.15, 0.2) is 0 Å². The van der Waals surface area contributed by atoms with E-state index in [0.717, 1.165) is 50.4 Å². The van der Waals surface area contributed by atoms with E-state index in [1.165, 1.54) is 28.1 Å². The van der Waals surface area contributed by atoms with Gasteiger partial charge in [0.1, 0.15) is 5.82 Å². The average Bonchev–Trinajstić information content (AvgIpc) is 3.34. The molecular weight excluding hydrogens is 440 g/mol. The number of nitrogens with zero attached hydrogens (tertiary/aromatic N) is 3. The van der Waals surface area contributed by atoms with Gasteiger partial charge in [-0.05, 0) is 31.4 Å². The Morgan fingerprint density at radius 1 is 0.778 bits per heavy atom. The highest BCUT2D eigenvalue weighted by atomic mass is 15.3. The van der Waals surface area contributed by atoms with Crippen molar-refractivity contribution in [3.8, 4) is 11.4 Å². The summed E-state index contributed by atoms with van der Waals surface area (Å²) in [6.45, 7) is 10.9. The first-order valence-electron chi connectivity index (χ1n) is 13.4. The summed E-state index contributed by atoms with van der Waals surface area (Å²) in [4.78, 5) is 14.1. The molecule has 2 heterocycles. The second-order valence-electron chi connectivity index (χ2n) is 10.0. The van der Waals surface area contributed by atoms with Gasteiger partial charge in [-0.25, -0.2) is 4.98 Å². The lowest BCUT2D eigenvalue weighted by Gasteiger charge is -2.41. The fourth-order valence-electron chi connectivity index (χ4n) is 5.50. The van der Waals surface area contributed by atoms with Crippen LogP contribution in [-0.4, -0.2) is 45.9 Å². The van der Waals surface area contributed by atoms with Crippen LogP contribution in [-0.2, 0) is 6.42 Å². The molecule has 1 N–H and O–H groups in total. The molecule has 0 saturated carbocycles.